The Kier molecular flexibility index (Phi) is 6.20. The van der Waals surface area contributed by atoms with Crippen molar-refractivity contribution >= 4 is 11.9 Å². The van der Waals surface area contributed by atoms with Crippen molar-refractivity contribution in [3.63, 3.8) is 0 Å². The molecule has 0 aromatic heterocycles. The summed E-state index contributed by atoms with van der Waals surface area (Å²) in [5.74, 6) is -1.95. The Morgan fingerprint density at radius 2 is 1.95 bits per heavy atom. The number of benzene rings is 1. The molecule has 0 radical (unpaired) electrons. The van der Waals surface area contributed by atoms with Crippen molar-refractivity contribution in [3.8, 4) is 6.07 Å². The number of nitriles is 1. The highest BCUT2D eigenvalue weighted by Gasteiger charge is 2.24. The number of amides is 1. The normalized spacial score (nSPS) is 13.0. The first kappa shape index (κ1) is 15.7. The molecule has 3 N–H and O–H groups in total. The number of carbonyl (C=O) groups excluding carboxylic acids is 1. The van der Waals surface area contributed by atoms with Gasteiger partial charge in [-0.3, -0.25) is 4.79 Å². The van der Waals surface area contributed by atoms with Gasteiger partial charge in [0.15, 0.2) is 6.10 Å². The fourth-order valence-electron chi connectivity index (χ4n) is 1.68. The molecule has 20 heavy (non-hydrogen) atoms. The summed E-state index contributed by atoms with van der Waals surface area (Å²) >= 11 is 0. The number of carboxylic acids is 1. The van der Waals surface area contributed by atoms with Crippen molar-refractivity contribution in [1.82, 2.24) is 5.32 Å². The zero-order valence-corrected chi connectivity index (χ0v) is 10.8. The van der Waals surface area contributed by atoms with Crippen molar-refractivity contribution < 1.29 is 19.8 Å². The lowest BCUT2D eigenvalue weighted by molar-refractivity contribution is -0.143. The van der Waals surface area contributed by atoms with Crippen LogP contribution in [0.5, 0.6) is 0 Å². The predicted molar refractivity (Wildman–Crippen MR) is 70.4 cm³/mol. The molecule has 0 aliphatic rings. The monoisotopic (exact) mass is 276 g/mol. The SMILES string of the molecule is N#CCCC[C@H](NC(=O)[C@@H](O)c1ccccc1)C(=O)O. The van der Waals surface area contributed by atoms with Crippen molar-refractivity contribution in [2.24, 2.45) is 0 Å². The number of rotatable bonds is 7. The van der Waals surface area contributed by atoms with E-state index in [-0.39, 0.29) is 12.8 Å². The number of aliphatic carboxylic acids is 1. The standard InChI is InChI=1S/C14H16N2O4/c15-9-5-4-8-11(14(19)20)16-13(18)12(17)10-6-2-1-3-7-10/h1-3,6-7,11-12,17H,4-5,8H2,(H,16,18)(H,19,20)/t11-,12-/m0/s1. The number of carbonyl (C=O) groups is 2. The third kappa shape index (κ3) is 4.71. The fourth-order valence-corrected chi connectivity index (χ4v) is 1.68. The van der Waals surface area contributed by atoms with Gasteiger partial charge in [0.25, 0.3) is 5.91 Å². The van der Waals surface area contributed by atoms with Gasteiger partial charge in [-0.1, -0.05) is 30.3 Å². The molecule has 0 unspecified atom stereocenters. The maximum absolute atomic E-state index is 11.8. The number of hydrogen-bond acceptors (Lipinski definition) is 4. The maximum Gasteiger partial charge on any atom is 0.326 e. The van der Waals surface area contributed by atoms with E-state index in [0.717, 1.165) is 0 Å². The third-order valence-electron chi connectivity index (χ3n) is 2.76. The predicted octanol–water partition coefficient (Wildman–Crippen LogP) is 0.983. The summed E-state index contributed by atoms with van der Waals surface area (Å²) in [6, 6.07) is 9.06. The summed E-state index contributed by atoms with van der Waals surface area (Å²) in [5.41, 5.74) is 0.395. The van der Waals surface area contributed by atoms with E-state index >= 15 is 0 Å². The molecule has 6 heteroatoms. The second-order valence-electron chi connectivity index (χ2n) is 4.26. The molecule has 0 aliphatic heterocycles. The van der Waals surface area contributed by atoms with Gasteiger partial charge in [0.2, 0.25) is 0 Å². The van der Waals surface area contributed by atoms with Gasteiger partial charge >= 0.3 is 5.97 Å². The molecule has 1 aromatic carbocycles. The van der Waals surface area contributed by atoms with E-state index in [1.54, 1.807) is 30.3 Å². The van der Waals surface area contributed by atoms with Crippen LogP contribution in [0.3, 0.4) is 0 Å². The minimum absolute atomic E-state index is 0.149. The maximum atomic E-state index is 11.8. The van der Waals surface area contributed by atoms with E-state index in [0.29, 0.717) is 12.0 Å². The number of aliphatic hydroxyl groups is 1. The zero-order chi connectivity index (χ0) is 15.0. The van der Waals surface area contributed by atoms with Crippen LogP contribution in [-0.2, 0) is 9.59 Å². The molecule has 0 heterocycles. The van der Waals surface area contributed by atoms with Crippen LogP contribution < -0.4 is 5.32 Å². The topological polar surface area (TPSA) is 110 Å². The molecule has 0 spiro atoms. The van der Waals surface area contributed by atoms with Gasteiger partial charge in [-0.05, 0) is 18.4 Å². The van der Waals surface area contributed by atoms with Gasteiger partial charge < -0.3 is 15.5 Å². The van der Waals surface area contributed by atoms with Gasteiger partial charge in [0.1, 0.15) is 6.04 Å². The van der Waals surface area contributed by atoms with Crippen molar-refractivity contribution in [2.75, 3.05) is 0 Å². The van der Waals surface area contributed by atoms with Gasteiger partial charge in [0.05, 0.1) is 6.07 Å². The summed E-state index contributed by atoms with van der Waals surface area (Å²) in [6.45, 7) is 0. The smallest absolute Gasteiger partial charge is 0.326 e. The Morgan fingerprint density at radius 3 is 2.50 bits per heavy atom. The van der Waals surface area contributed by atoms with Crippen LogP contribution in [0, 0.1) is 11.3 Å². The Balaban J connectivity index is 2.62. The lowest BCUT2D eigenvalue weighted by Gasteiger charge is -2.17. The largest absolute Gasteiger partial charge is 0.480 e. The first-order chi connectivity index (χ1) is 9.56. The second-order valence-corrected chi connectivity index (χ2v) is 4.26. The number of carboxylic acid groups (broad SMARTS) is 1. The van der Waals surface area contributed by atoms with Crippen LogP contribution in [0.4, 0.5) is 0 Å². The van der Waals surface area contributed by atoms with Gasteiger partial charge in [0, 0.05) is 6.42 Å². The molecule has 0 fully saturated rings. The van der Waals surface area contributed by atoms with Crippen LogP contribution in [0.1, 0.15) is 30.9 Å². The molecule has 0 aliphatic carbocycles. The Morgan fingerprint density at radius 1 is 1.30 bits per heavy atom. The summed E-state index contributed by atoms with van der Waals surface area (Å²) < 4.78 is 0. The highest BCUT2D eigenvalue weighted by Crippen LogP contribution is 2.13. The lowest BCUT2D eigenvalue weighted by Crippen LogP contribution is -2.43. The summed E-state index contributed by atoms with van der Waals surface area (Å²) in [4.78, 5) is 22.8. The minimum Gasteiger partial charge on any atom is -0.480 e. The van der Waals surface area contributed by atoms with E-state index in [9.17, 15) is 14.7 Å². The first-order valence-electron chi connectivity index (χ1n) is 6.19. The molecule has 0 saturated carbocycles. The van der Waals surface area contributed by atoms with Crippen LogP contribution in [0.2, 0.25) is 0 Å². The highest BCUT2D eigenvalue weighted by atomic mass is 16.4. The van der Waals surface area contributed by atoms with Gasteiger partial charge in [-0.25, -0.2) is 4.79 Å². The number of nitrogens with zero attached hydrogens (tertiary/aromatic N) is 1. The summed E-state index contributed by atoms with van der Waals surface area (Å²) in [5, 5.41) is 29.5. The average molecular weight is 276 g/mol. The van der Waals surface area contributed by atoms with Crippen LogP contribution >= 0.6 is 0 Å². The Labute approximate surface area is 116 Å². The van der Waals surface area contributed by atoms with E-state index in [4.69, 9.17) is 10.4 Å². The second kappa shape index (κ2) is 7.92. The molecule has 106 valence electrons. The number of nitrogens with one attached hydrogen (secondary N) is 1. The van der Waals surface area contributed by atoms with Crippen LogP contribution in [0.15, 0.2) is 30.3 Å². The quantitative estimate of drug-likeness (QED) is 0.643. The highest BCUT2D eigenvalue weighted by molar-refractivity contribution is 5.86. The molecule has 2 atom stereocenters. The minimum atomic E-state index is -1.41. The van der Waals surface area contributed by atoms with E-state index in [1.807, 2.05) is 6.07 Å². The van der Waals surface area contributed by atoms with Gasteiger partial charge in [-0.2, -0.15) is 5.26 Å². The van der Waals surface area contributed by atoms with Crippen molar-refractivity contribution in [3.05, 3.63) is 35.9 Å². The fraction of sp³-hybridized carbons (Fsp3) is 0.357. The lowest BCUT2D eigenvalue weighted by atomic mass is 10.1. The number of aliphatic hydroxyl groups excluding tert-OH is 1. The molecular formula is C14H16N2O4. The molecule has 0 bridgehead atoms. The Hall–Kier alpha value is -2.39. The van der Waals surface area contributed by atoms with Gasteiger partial charge in [-0.15, -0.1) is 0 Å². The summed E-state index contributed by atoms with van der Waals surface area (Å²) in [7, 11) is 0. The van der Waals surface area contributed by atoms with Crippen LogP contribution in [-0.4, -0.2) is 28.1 Å². The Bertz CT molecular complexity index is 496. The molecule has 1 amide bonds. The first-order valence-corrected chi connectivity index (χ1v) is 6.19. The van der Waals surface area contributed by atoms with Crippen molar-refractivity contribution in [1.29, 1.82) is 5.26 Å². The number of unbranched alkanes of at least 4 members (excludes halogenated alkanes) is 1. The van der Waals surface area contributed by atoms with E-state index in [2.05, 4.69) is 5.32 Å². The van der Waals surface area contributed by atoms with Crippen LogP contribution in [0.25, 0.3) is 0 Å². The molecular weight excluding hydrogens is 260 g/mol. The molecule has 6 nitrogen and oxygen atoms in total. The van der Waals surface area contributed by atoms with Crippen molar-refractivity contribution in [2.45, 2.75) is 31.4 Å². The van der Waals surface area contributed by atoms with E-state index in [1.165, 1.54) is 0 Å². The summed E-state index contributed by atoms with van der Waals surface area (Å²) in [6.07, 6.45) is -0.666. The molecule has 1 aromatic rings. The average Bonchev–Trinajstić information content (AvgIpc) is 2.46. The third-order valence-corrected chi connectivity index (χ3v) is 2.76. The molecule has 0 saturated heterocycles. The molecule has 1 rings (SSSR count). The number of hydrogen-bond donors (Lipinski definition) is 3. The van der Waals surface area contributed by atoms with E-state index < -0.39 is 24.0 Å². The zero-order valence-electron chi connectivity index (χ0n) is 10.8.